The van der Waals surface area contributed by atoms with Gasteiger partial charge in [-0.15, -0.1) is 5.10 Å². The van der Waals surface area contributed by atoms with Gasteiger partial charge >= 0.3 is 0 Å². The van der Waals surface area contributed by atoms with Crippen LogP contribution in [0.25, 0.3) is 28.1 Å². The molecule has 4 aromatic rings. The second-order valence-electron chi connectivity index (χ2n) is 5.20. The first kappa shape index (κ1) is 15.7. The van der Waals surface area contributed by atoms with Gasteiger partial charge in [-0.25, -0.2) is 14.5 Å². The quantitative estimate of drug-likeness (QED) is 0.431. The highest BCUT2D eigenvalue weighted by molar-refractivity contribution is 8.00. The molecule has 0 bridgehead atoms. The maximum atomic E-state index is 9.08. The van der Waals surface area contributed by atoms with Crippen molar-refractivity contribution < 1.29 is 14.3 Å². The molecule has 9 heteroatoms. The van der Waals surface area contributed by atoms with Crippen molar-refractivity contribution >= 4 is 34.4 Å². The van der Waals surface area contributed by atoms with Crippen molar-refractivity contribution in [1.82, 2.24) is 19.6 Å². The summed E-state index contributed by atoms with van der Waals surface area (Å²) in [5.74, 6) is 1.80. The fourth-order valence-electron chi connectivity index (χ4n) is 2.58. The minimum atomic E-state index is -0.0244. The number of fused-ring (bicyclic) bond motifs is 2. The van der Waals surface area contributed by atoms with Crippen molar-refractivity contribution in [2.24, 2.45) is 0 Å². The fourth-order valence-corrected chi connectivity index (χ4v) is 2.98. The Hall–Kier alpha value is -2.78. The normalized spacial score (nSPS) is 11.3. The van der Waals surface area contributed by atoms with E-state index in [4.69, 9.17) is 14.3 Å². The van der Waals surface area contributed by atoms with E-state index in [0.717, 1.165) is 11.1 Å². The number of aliphatic hydroxyl groups excluding tert-OH is 1. The summed E-state index contributed by atoms with van der Waals surface area (Å²) in [6.07, 6.45) is 3.35. The van der Waals surface area contributed by atoms with E-state index >= 15 is 0 Å². The predicted octanol–water partition coefficient (Wildman–Crippen LogP) is 2.58. The van der Waals surface area contributed by atoms with E-state index in [1.807, 2.05) is 25.2 Å². The Kier molecular flexibility index (Phi) is 3.94. The molecule has 4 aromatic heterocycles. The third-order valence-corrected chi connectivity index (χ3v) is 4.47. The zero-order valence-electron chi connectivity index (χ0n) is 13.6. The molecule has 8 nitrogen and oxygen atoms in total. The van der Waals surface area contributed by atoms with E-state index in [0.29, 0.717) is 28.7 Å². The molecule has 0 amide bonds. The van der Waals surface area contributed by atoms with Crippen LogP contribution in [0.1, 0.15) is 0 Å². The summed E-state index contributed by atoms with van der Waals surface area (Å²) in [4.78, 5) is 8.56. The number of anilines is 1. The number of nitrogens with zero attached hydrogens (tertiary/aromatic N) is 5. The van der Waals surface area contributed by atoms with E-state index in [9.17, 15) is 0 Å². The molecule has 0 unspecified atom stereocenters. The summed E-state index contributed by atoms with van der Waals surface area (Å²) in [6, 6.07) is 7.37. The number of hydrogen-bond donors (Lipinski definition) is 1. The molecule has 0 saturated carbocycles. The molecule has 4 rings (SSSR count). The lowest BCUT2D eigenvalue weighted by atomic mass is 10.3. The first-order chi connectivity index (χ1) is 12.2. The molecular weight excluding hydrogens is 342 g/mol. The van der Waals surface area contributed by atoms with Crippen LogP contribution >= 0.6 is 11.9 Å². The van der Waals surface area contributed by atoms with Crippen molar-refractivity contribution in [1.29, 1.82) is 0 Å². The van der Waals surface area contributed by atoms with E-state index in [1.54, 1.807) is 34.4 Å². The van der Waals surface area contributed by atoms with Crippen LogP contribution in [0.5, 0.6) is 5.88 Å². The first-order valence-electron chi connectivity index (χ1n) is 7.46. The van der Waals surface area contributed by atoms with Crippen molar-refractivity contribution in [3.63, 3.8) is 0 Å². The van der Waals surface area contributed by atoms with Gasteiger partial charge in [0.15, 0.2) is 17.2 Å². The summed E-state index contributed by atoms with van der Waals surface area (Å²) < 4.78 is 14.7. The van der Waals surface area contributed by atoms with E-state index in [-0.39, 0.29) is 5.94 Å². The van der Waals surface area contributed by atoms with Gasteiger partial charge in [0.2, 0.25) is 5.88 Å². The van der Waals surface area contributed by atoms with Crippen molar-refractivity contribution in [3.05, 3.63) is 36.7 Å². The highest BCUT2D eigenvalue weighted by Crippen LogP contribution is 2.32. The van der Waals surface area contributed by atoms with Crippen LogP contribution in [0.2, 0.25) is 0 Å². The molecule has 0 aliphatic carbocycles. The first-order valence-corrected chi connectivity index (χ1v) is 8.40. The standard InChI is InChI=1S/C16H15N5O3S/c1-20(25-9-22)15-4-3-14-18-8-11(21(14)19-15)13-7-10-12(24-13)5-6-17-16(10)23-2/h3-8,22H,9H2,1-2H3. The molecule has 0 aliphatic heterocycles. The molecule has 4 heterocycles. The number of imidazole rings is 1. The molecule has 0 fully saturated rings. The number of pyridine rings is 1. The maximum absolute atomic E-state index is 9.08. The zero-order chi connectivity index (χ0) is 17.4. The average Bonchev–Trinajstić information content (AvgIpc) is 3.24. The SMILES string of the molecule is COc1nccc2oc(-c3cnc4ccc(N(C)SCO)nn34)cc12. The van der Waals surface area contributed by atoms with Crippen molar-refractivity contribution in [2.45, 2.75) is 0 Å². The van der Waals surface area contributed by atoms with Crippen molar-refractivity contribution in [2.75, 3.05) is 24.4 Å². The lowest BCUT2D eigenvalue weighted by molar-refractivity contribution is 0.375. The van der Waals surface area contributed by atoms with Crippen molar-refractivity contribution in [3.8, 4) is 17.3 Å². The van der Waals surface area contributed by atoms with E-state index in [1.165, 1.54) is 11.9 Å². The van der Waals surface area contributed by atoms with Gasteiger partial charge in [0.05, 0.1) is 18.7 Å². The molecule has 0 atom stereocenters. The third kappa shape index (κ3) is 2.67. The van der Waals surface area contributed by atoms with Crippen LogP contribution in [0.15, 0.2) is 41.1 Å². The number of aliphatic hydroxyl groups is 1. The Morgan fingerprint density at radius 1 is 1.32 bits per heavy atom. The van der Waals surface area contributed by atoms with E-state index < -0.39 is 0 Å². The number of methoxy groups -OCH3 is 1. The van der Waals surface area contributed by atoms with Crippen LogP contribution in [-0.4, -0.2) is 44.8 Å². The van der Waals surface area contributed by atoms with Crippen LogP contribution in [0.3, 0.4) is 0 Å². The minimum Gasteiger partial charge on any atom is -0.480 e. The summed E-state index contributed by atoms with van der Waals surface area (Å²) in [5.41, 5.74) is 2.10. The predicted molar refractivity (Wildman–Crippen MR) is 95.6 cm³/mol. The summed E-state index contributed by atoms with van der Waals surface area (Å²) in [6.45, 7) is 0. The monoisotopic (exact) mass is 357 g/mol. The Morgan fingerprint density at radius 2 is 2.20 bits per heavy atom. The van der Waals surface area contributed by atoms with Gasteiger partial charge < -0.3 is 18.6 Å². The Bertz CT molecular complexity index is 1040. The number of aromatic nitrogens is 4. The van der Waals surface area contributed by atoms with Gasteiger partial charge in [-0.2, -0.15) is 0 Å². The van der Waals surface area contributed by atoms with Gasteiger partial charge in [-0.3, -0.25) is 0 Å². The smallest absolute Gasteiger partial charge is 0.224 e. The van der Waals surface area contributed by atoms with Gasteiger partial charge in [0, 0.05) is 19.3 Å². The molecule has 0 saturated heterocycles. The van der Waals surface area contributed by atoms with Crippen LogP contribution < -0.4 is 9.04 Å². The van der Waals surface area contributed by atoms with Crippen LogP contribution in [0, 0.1) is 0 Å². The molecule has 25 heavy (non-hydrogen) atoms. The maximum Gasteiger partial charge on any atom is 0.224 e. The second kappa shape index (κ2) is 6.26. The van der Waals surface area contributed by atoms with Crippen LogP contribution in [0.4, 0.5) is 5.82 Å². The molecule has 0 spiro atoms. The number of rotatable bonds is 5. The van der Waals surface area contributed by atoms with Gasteiger partial charge in [-0.05, 0) is 30.1 Å². The Morgan fingerprint density at radius 3 is 3.00 bits per heavy atom. The number of hydrogen-bond acceptors (Lipinski definition) is 8. The second-order valence-corrected chi connectivity index (χ2v) is 6.27. The highest BCUT2D eigenvalue weighted by Gasteiger charge is 2.16. The molecule has 128 valence electrons. The highest BCUT2D eigenvalue weighted by atomic mass is 32.2. The molecular formula is C16H15N5O3S. The average molecular weight is 357 g/mol. The van der Waals surface area contributed by atoms with Crippen LogP contribution in [-0.2, 0) is 0 Å². The number of furan rings is 1. The molecule has 1 N–H and O–H groups in total. The third-order valence-electron chi connectivity index (χ3n) is 3.78. The van der Waals surface area contributed by atoms with Gasteiger partial charge in [-0.1, -0.05) is 0 Å². The summed E-state index contributed by atoms with van der Waals surface area (Å²) >= 11 is 1.25. The summed E-state index contributed by atoms with van der Waals surface area (Å²) in [5, 5.41) is 14.5. The Balaban J connectivity index is 1.85. The van der Waals surface area contributed by atoms with Gasteiger partial charge in [0.25, 0.3) is 0 Å². The zero-order valence-corrected chi connectivity index (χ0v) is 14.4. The largest absolute Gasteiger partial charge is 0.480 e. The molecule has 0 aromatic carbocycles. The molecule has 0 aliphatic rings. The van der Waals surface area contributed by atoms with E-state index in [2.05, 4.69) is 15.1 Å². The summed E-state index contributed by atoms with van der Waals surface area (Å²) in [7, 11) is 3.41. The van der Waals surface area contributed by atoms with Gasteiger partial charge in [0.1, 0.15) is 17.2 Å². The fraction of sp³-hybridized carbons (Fsp3) is 0.188. The number of ether oxygens (including phenoxy) is 1. The minimum absolute atomic E-state index is 0.0244. The Labute approximate surface area is 147 Å². The lowest BCUT2D eigenvalue weighted by Gasteiger charge is -2.14. The molecule has 0 radical (unpaired) electrons. The lowest BCUT2D eigenvalue weighted by Crippen LogP contribution is -2.11. The topological polar surface area (TPSA) is 88.9 Å².